The number of nitrogens with zero attached hydrogens (tertiary/aromatic N) is 4. The largest absolute Gasteiger partial charge is 0.378 e. The molecule has 0 saturated carbocycles. The van der Waals surface area contributed by atoms with Crippen molar-refractivity contribution in [1.82, 2.24) is 24.2 Å². The number of aromatic nitrogens is 4. The highest BCUT2D eigenvalue weighted by atomic mass is 32.1. The molecule has 0 aliphatic heterocycles. The molecule has 0 aromatic carbocycles. The number of likely N-dealkylation sites (N-methyl/N-ethyl adjacent to an activating group) is 1. The average molecular weight is 297 g/mol. The summed E-state index contributed by atoms with van der Waals surface area (Å²) in [4.78, 5) is 5.36. The molecule has 2 aromatic heterocycles. The van der Waals surface area contributed by atoms with Gasteiger partial charge in [-0.3, -0.25) is 9.25 Å². The maximum Gasteiger partial charge on any atom is 0.179 e. The smallest absolute Gasteiger partial charge is 0.179 e. The monoisotopic (exact) mass is 297 g/mol. The van der Waals surface area contributed by atoms with Crippen molar-refractivity contribution in [3.8, 4) is 0 Å². The molecule has 0 aliphatic carbocycles. The zero-order valence-electron chi connectivity index (χ0n) is 12.6. The number of nitrogens with one attached hydrogen (secondary N) is 1. The first kappa shape index (κ1) is 15.2. The molecule has 6 nitrogen and oxygen atoms in total. The minimum Gasteiger partial charge on any atom is -0.378 e. The molecule has 0 aliphatic rings. The second-order valence-electron chi connectivity index (χ2n) is 5.12. The van der Waals surface area contributed by atoms with E-state index in [0.29, 0.717) is 6.61 Å². The molecule has 7 heteroatoms. The lowest BCUT2D eigenvalue weighted by Gasteiger charge is -2.10. The Hall–Kier alpha value is -1.18. The molecular formula is C13H23N5OS. The number of rotatable bonds is 7. The van der Waals surface area contributed by atoms with Gasteiger partial charge in [0.25, 0.3) is 0 Å². The molecule has 0 radical (unpaired) electrons. The van der Waals surface area contributed by atoms with Crippen LogP contribution < -0.4 is 0 Å². The summed E-state index contributed by atoms with van der Waals surface area (Å²) in [5, 5.41) is 4.51. The first-order valence-corrected chi connectivity index (χ1v) is 7.32. The average Bonchev–Trinajstić information content (AvgIpc) is 2.87. The Morgan fingerprint density at radius 3 is 2.75 bits per heavy atom. The Labute approximate surface area is 124 Å². The van der Waals surface area contributed by atoms with E-state index in [1.54, 1.807) is 0 Å². The summed E-state index contributed by atoms with van der Waals surface area (Å²) in [5.74, 6) is 0. The van der Waals surface area contributed by atoms with Gasteiger partial charge in [-0.1, -0.05) is 6.92 Å². The SMILES string of the molecule is CCc1nn(C)c2c1[nH]c(=S)n2CCOCCN(C)C. The maximum absolute atomic E-state index is 5.64. The standard InChI is InChI=1S/C13H23N5OS/c1-5-10-11-12(17(4)15-10)18(13(20)14-11)7-9-19-8-6-16(2)3/h5-9H2,1-4H3,(H,14,20). The molecule has 0 unspecified atom stereocenters. The van der Waals surface area contributed by atoms with Gasteiger partial charge in [-0.05, 0) is 32.7 Å². The lowest BCUT2D eigenvalue weighted by molar-refractivity contribution is 0.111. The predicted octanol–water partition coefficient (Wildman–Crippen LogP) is 1.57. The predicted molar refractivity (Wildman–Crippen MR) is 82.6 cm³/mol. The van der Waals surface area contributed by atoms with Gasteiger partial charge >= 0.3 is 0 Å². The summed E-state index contributed by atoms with van der Waals surface area (Å²) in [6, 6.07) is 0. The number of hydrogen-bond donors (Lipinski definition) is 1. The second kappa shape index (κ2) is 6.51. The van der Waals surface area contributed by atoms with Gasteiger partial charge in [-0.15, -0.1) is 0 Å². The van der Waals surface area contributed by atoms with Gasteiger partial charge in [0.05, 0.1) is 25.5 Å². The number of ether oxygens (including phenoxy) is 1. The van der Waals surface area contributed by atoms with E-state index in [1.807, 2.05) is 25.8 Å². The van der Waals surface area contributed by atoms with E-state index in [0.717, 1.165) is 47.7 Å². The summed E-state index contributed by atoms with van der Waals surface area (Å²) in [5.41, 5.74) is 3.15. The van der Waals surface area contributed by atoms with Crippen molar-refractivity contribution < 1.29 is 4.74 Å². The van der Waals surface area contributed by atoms with Gasteiger partial charge in [0.15, 0.2) is 10.4 Å². The van der Waals surface area contributed by atoms with E-state index in [1.165, 1.54) is 0 Å². The van der Waals surface area contributed by atoms with E-state index >= 15 is 0 Å². The van der Waals surface area contributed by atoms with Gasteiger partial charge < -0.3 is 14.6 Å². The fourth-order valence-corrected chi connectivity index (χ4v) is 2.52. The lowest BCUT2D eigenvalue weighted by Crippen LogP contribution is -2.19. The molecule has 112 valence electrons. The number of fused-ring (bicyclic) bond motifs is 1. The molecule has 0 atom stereocenters. The third kappa shape index (κ3) is 3.11. The summed E-state index contributed by atoms with van der Waals surface area (Å²) in [7, 11) is 6.03. The van der Waals surface area contributed by atoms with Crippen LogP contribution >= 0.6 is 12.2 Å². The van der Waals surface area contributed by atoms with Crippen LogP contribution in [0.25, 0.3) is 11.2 Å². The van der Waals surface area contributed by atoms with Gasteiger partial charge in [0.1, 0.15) is 5.52 Å². The summed E-state index contributed by atoms with van der Waals surface area (Å²) in [6.45, 7) is 5.16. The number of hydrogen-bond acceptors (Lipinski definition) is 4. The highest BCUT2D eigenvalue weighted by Crippen LogP contribution is 2.17. The van der Waals surface area contributed by atoms with Crippen molar-refractivity contribution in [3.63, 3.8) is 0 Å². The van der Waals surface area contributed by atoms with Crippen molar-refractivity contribution in [2.75, 3.05) is 33.9 Å². The molecule has 2 aromatic rings. The van der Waals surface area contributed by atoms with Gasteiger partial charge in [-0.25, -0.2) is 0 Å². The van der Waals surface area contributed by atoms with Crippen LogP contribution in [0.3, 0.4) is 0 Å². The molecule has 0 saturated heterocycles. The van der Waals surface area contributed by atoms with Crippen LogP contribution in [0, 0.1) is 4.77 Å². The molecule has 2 rings (SSSR count). The van der Waals surface area contributed by atoms with Crippen LogP contribution in [0.15, 0.2) is 0 Å². The Kier molecular flexibility index (Phi) is 4.95. The van der Waals surface area contributed by atoms with Gasteiger partial charge in [0.2, 0.25) is 0 Å². The van der Waals surface area contributed by atoms with E-state index in [4.69, 9.17) is 17.0 Å². The number of aromatic amines is 1. The van der Waals surface area contributed by atoms with Crippen LogP contribution in [0.4, 0.5) is 0 Å². The Balaban J connectivity index is 2.08. The fourth-order valence-electron chi connectivity index (χ4n) is 2.24. The molecule has 2 heterocycles. The lowest BCUT2D eigenvalue weighted by atomic mass is 10.3. The summed E-state index contributed by atoms with van der Waals surface area (Å²) in [6.07, 6.45) is 0.895. The van der Waals surface area contributed by atoms with Crippen LogP contribution in [0.1, 0.15) is 12.6 Å². The molecule has 0 fully saturated rings. The highest BCUT2D eigenvalue weighted by Gasteiger charge is 2.13. The first-order chi connectivity index (χ1) is 9.54. The normalized spacial score (nSPS) is 11.8. The van der Waals surface area contributed by atoms with Crippen LogP contribution in [-0.2, 0) is 24.8 Å². The number of H-pyrrole nitrogens is 1. The van der Waals surface area contributed by atoms with Crippen molar-refractivity contribution in [1.29, 1.82) is 0 Å². The van der Waals surface area contributed by atoms with E-state index in [2.05, 4.69) is 26.5 Å². The highest BCUT2D eigenvalue weighted by molar-refractivity contribution is 7.71. The molecule has 0 amide bonds. The zero-order valence-corrected chi connectivity index (χ0v) is 13.5. The van der Waals surface area contributed by atoms with Crippen molar-refractivity contribution >= 4 is 23.4 Å². The third-order valence-corrected chi connectivity index (χ3v) is 3.62. The summed E-state index contributed by atoms with van der Waals surface area (Å²) >= 11 is 5.40. The molecule has 0 bridgehead atoms. The molecule has 0 spiro atoms. The van der Waals surface area contributed by atoms with E-state index in [-0.39, 0.29) is 0 Å². The maximum atomic E-state index is 5.64. The number of imidazole rings is 1. The minimum atomic E-state index is 0.655. The van der Waals surface area contributed by atoms with Crippen LogP contribution in [0.2, 0.25) is 0 Å². The van der Waals surface area contributed by atoms with E-state index < -0.39 is 0 Å². The Morgan fingerprint density at radius 1 is 1.35 bits per heavy atom. The summed E-state index contributed by atoms with van der Waals surface area (Å²) < 4.78 is 10.3. The minimum absolute atomic E-state index is 0.655. The quantitative estimate of drug-likeness (QED) is 0.622. The van der Waals surface area contributed by atoms with Gasteiger partial charge in [-0.2, -0.15) is 5.10 Å². The first-order valence-electron chi connectivity index (χ1n) is 6.91. The van der Waals surface area contributed by atoms with Crippen LogP contribution in [-0.4, -0.2) is 58.1 Å². The molecular weight excluding hydrogens is 274 g/mol. The van der Waals surface area contributed by atoms with Crippen LogP contribution in [0.5, 0.6) is 0 Å². The van der Waals surface area contributed by atoms with Gasteiger partial charge in [0, 0.05) is 13.6 Å². The number of aryl methyl sites for hydroxylation is 2. The second-order valence-corrected chi connectivity index (χ2v) is 5.51. The van der Waals surface area contributed by atoms with Crippen molar-refractivity contribution in [2.24, 2.45) is 7.05 Å². The third-order valence-electron chi connectivity index (χ3n) is 3.30. The van der Waals surface area contributed by atoms with Crippen molar-refractivity contribution in [2.45, 2.75) is 19.9 Å². The zero-order chi connectivity index (χ0) is 14.7. The molecule has 20 heavy (non-hydrogen) atoms. The van der Waals surface area contributed by atoms with Crippen molar-refractivity contribution in [3.05, 3.63) is 10.5 Å². The fraction of sp³-hybridized carbons (Fsp3) is 0.692. The topological polar surface area (TPSA) is 51.0 Å². The molecule has 1 N–H and O–H groups in total. The Bertz CT molecular complexity index is 625. The van der Waals surface area contributed by atoms with E-state index in [9.17, 15) is 0 Å². The Morgan fingerprint density at radius 2 is 2.10 bits per heavy atom.